The first-order chi connectivity index (χ1) is 11.7. The summed E-state index contributed by atoms with van der Waals surface area (Å²) in [6, 6.07) is 19.7. The van der Waals surface area contributed by atoms with E-state index < -0.39 is 0 Å². The molecule has 1 aromatic heterocycles. The van der Waals surface area contributed by atoms with Gasteiger partial charge in [0.1, 0.15) is 5.58 Å². The highest BCUT2D eigenvalue weighted by Gasteiger charge is 2.12. The van der Waals surface area contributed by atoms with Crippen molar-refractivity contribution < 1.29 is 9.21 Å². The Morgan fingerprint density at radius 3 is 2.75 bits per heavy atom. The van der Waals surface area contributed by atoms with Gasteiger partial charge in [-0.05, 0) is 29.7 Å². The van der Waals surface area contributed by atoms with Crippen LogP contribution in [0.15, 0.2) is 75.8 Å². The average Bonchev–Trinajstić information content (AvgIpc) is 2.97. The van der Waals surface area contributed by atoms with E-state index in [9.17, 15) is 4.79 Å². The molecule has 4 rings (SSSR count). The van der Waals surface area contributed by atoms with E-state index in [4.69, 9.17) is 4.42 Å². The number of hydrogen-bond acceptors (Lipinski definition) is 2. The summed E-state index contributed by atoms with van der Waals surface area (Å²) in [5.41, 5.74) is 2.49. The van der Waals surface area contributed by atoms with Crippen LogP contribution in [0.3, 0.4) is 0 Å². The number of amides is 1. The van der Waals surface area contributed by atoms with Crippen LogP contribution in [0.2, 0.25) is 0 Å². The van der Waals surface area contributed by atoms with Gasteiger partial charge in [-0.15, -0.1) is 0 Å². The third kappa shape index (κ3) is 2.81. The minimum Gasteiger partial charge on any atom is -0.464 e. The fourth-order valence-corrected chi connectivity index (χ4v) is 3.25. The number of hydrogen-bond donors (Lipinski definition) is 1. The molecule has 0 fully saturated rings. The van der Waals surface area contributed by atoms with Crippen molar-refractivity contribution in [1.29, 1.82) is 0 Å². The van der Waals surface area contributed by atoms with Gasteiger partial charge in [0.05, 0.1) is 12.7 Å². The maximum atomic E-state index is 12.5. The van der Waals surface area contributed by atoms with Gasteiger partial charge in [-0.1, -0.05) is 52.3 Å². The summed E-state index contributed by atoms with van der Waals surface area (Å²) in [7, 11) is 0. The summed E-state index contributed by atoms with van der Waals surface area (Å²) in [5.74, 6) is -0.0611. The summed E-state index contributed by atoms with van der Waals surface area (Å²) in [5, 5.41) is 6.11. The molecule has 0 atom stereocenters. The van der Waals surface area contributed by atoms with E-state index in [-0.39, 0.29) is 12.3 Å². The van der Waals surface area contributed by atoms with E-state index in [1.807, 2.05) is 60.7 Å². The second-order valence-electron chi connectivity index (χ2n) is 5.65. The van der Waals surface area contributed by atoms with Crippen LogP contribution in [-0.2, 0) is 11.2 Å². The van der Waals surface area contributed by atoms with Gasteiger partial charge in [0, 0.05) is 26.5 Å². The topological polar surface area (TPSA) is 42.2 Å². The average molecular weight is 380 g/mol. The first-order valence-electron chi connectivity index (χ1n) is 7.64. The molecule has 1 heterocycles. The third-order valence-electron chi connectivity index (χ3n) is 4.03. The van der Waals surface area contributed by atoms with Crippen LogP contribution in [0, 0.1) is 0 Å². The van der Waals surface area contributed by atoms with Crippen molar-refractivity contribution in [3.05, 3.63) is 77.0 Å². The van der Waals surface area contributed by atoms with Gasteiger partial charge >= 0.3 is 0 Å². The highest BCUT2D eigenvalue weighted by Crippen LogP contribution is 2.26. The van der Waals surface area contributed by atoms with Gasteiger partial charge in [0.25, 0.3) is 0 Å². The number of carbonyl (C=O) groups excluding carboxylic acids is 1. The summed E-state index contributed by atoms with van der Waals surface area (Å²) in [6.07, 6.45) is 1.92. The molecule has 3 nitrogen and oxygen atoms in total. The van der Waals surface area contributed by atoms with Crippen LogP contribution in [0.5, 0.6) is 0 Å². The van der Waals surface area contributed by atoms with Crippen LogP contribution in [0.1, 0.15) is 5.56 Å². The van der Waals surface area contributed by atoms with Crippen LogP contribution >= 0.6 is 15.9 Å². The Bertz CT molecular complexity index is 1050. The first kappa shape index (κ1) is 15.0. The van der Waals surface area contributed by atoms with Crippen LogP contribution in [0.4, 0.5) is 5.69 Å². The molecular formula is C20H14BrNO2. The molecule has 3 aromatic carbocycles. The normalized spacial score (nSPS) is 11.0. The molecule has 118 valence electrons. The van der Waals surface area contributed by atoms with E-state index >= 15 is 0 Å². The molecule has 0 radical (unpaired) electrons. The Morgan fingerprint density at radius 2 is 1.83 bits per heavy atom. The van der Waals surface area contributed by atoms with E-state index in [0.717, 1.165) is 37.5 Å². The fourth-order valence-electron chi connectivity index (χ4n) is 2.89. The van der Waals surface area contributed by atoms with Crippen LogP contribution in [0.25, 0.3) is 21.7 Å². The Morgan fingerprint density at radius 1 is 1.00 bits per heavy atom. The molecule has 0 aliphatic rings. The second-order valence-corrected chi connectivity index (χ2v) is 6.57. The van der Waals surface area contributed by atoms with Gasteiger partial charge in [-0.2, -0.15) is 0 Å². The lowest BCUT2D eigenvalue weighted by molar-refractivity contribution is -0.115. The summed E-state index contributed by atoms with van der Waals surface area (Å²) >= 11 is 3.46. The highest BCUT2D eigenvalue weighted by atomic mass is 79.9. The van der Waals surface area contributed by atoms with Crippen LogP contribution in [-0.4, -0.2) is 5.91 Å². The molecular weight excluding hydrogens is 366 g/mol. The SMILES string of the molecule is O=C(Cc1coc2ccc(Br)cc12)Nc1cccc2ccccc12. The smallest absolute Gasteiger partial charge is 0.228 e. The molecule has 0 aliphatic carbocycles. The van der Waals surface area contributed by atoms with Crippen molar-refractivity contribution >= 4 is 49.3 Å². The lowest BCUT2D eigenvalue weighted by atomic mass is 10.1. The zero-order valence-electron chi connectivity index (χ0n) is 12.8. The third-order valence-corrected chi connectivity index (χ3v) is 4.52. The lowest BCUT2D eigenvalue weighted by Crippen LogP contribution is -2.14. The molecule has 0 spiro atoms. The zero-order chi connectivity index (χ0) is 16.5. The molecule has 0 bridgehead atoms. The fraction of sp³-hybridized carbons (Fsp3) is 0.0500. The number of carbonyl (C=O) groups is 1. The predicted molar refractivity (Wildman–Crippen MR) is 100 cm³/mol. The number of benzene rings is 3. The summed E-state index contributed by atoms with van der Waals surface area (Å²) in [6.45, 7) is 0. The largest absolute Gasteiger partial charge is 0.464 e. The molecule has 4 heteroatoms. The first-order valence-corrected chi connectivity index (χ1v) is 8.43. The number of halogens is 1. The minimum atomic E-state index is -0.0611. The minimum absolute atomic E-state index is 0.0611. The predicted octanol–water partition coefficient (Wildman–Crippen LogP) is 5.53. The van der Waals surface area contributed by atoms with E-state index in [1.165, 1.54) is 0 Å². The number of rotatable bonds is 3. The maximum absolute atomic E-state index is 12.5. The number of anilines is 1. The quantitative estimate of drug-likeness (QED) is 0.508. The van der Waals surface area contributed by atoms with Crippen molar-refractivity contribution in [2.24, 2.45) is 0 Å². The van der Waals surface area contributed by atoms with Crippen LogP contribution < -0.4 is 5.32 Å². The van der Waals surface area contributed by atoms with Gasteiger partial charge in [0.15, 0.2) is 0 Å². The molecule has 24 heavy (non-hydrogen) atoms. The van der Waals surface area contributed by atoms with E-state index in [0.29, 0.717) is 0 Å². The number of fused-ring (bicyclic) bond motifs is 2. The molecule has 0 aliphatic heterocycles. The van der Waals surface area contributed by atoms with Gasteiger partial charge in [-0.3, -0.25) is 4.79 Å². The van der Waals surface area contributed by atoms with Gasteiger partial charge in [-0.25, -0.2) is 0 Å². The maximum Gasteiger partial charge on any atom is 0.228 e. The Balaban J connectivity index is 1.61. The number of furan rings is 1. The Kier molecular flexibility index (Phi) is 3.82. The van der Waals surface area contributed by atoms with Crippen molar-refractivity contribution in [2.45, 2.75) is 6.42 Å². The van der Waals surface area contributed by atoms with Crippen molar-refractivity contribution in [3.63, 3.8) is 0 Å². The Hall–Kier alpha value is -2.59. The molecule has 1 N–H and O–H groups in total. The van der Waals surface area contributed by atoms with E-state index in [2.05, 4.69) is 21.2 Å². The molecule has 0 saturated heterocycles. The van der Waals surface area contributed by atoms with Crippen molar-refractivity contribution in [1.82, 2.24) is 0 Å². The number of nitrogens with one attached hydrogen (secondary N) is 1. The van der Waals surface area contributed by atoms with Crippen molar-refractivity contribution in [2.75, 3.05) is 5.32 Å². The van der Waals surface area contributed by atoms with Crippen molar-refractivity contribution in [3.8, 4) is 0 Å². The molecule has 1 amide bonds. The monoisotopic (exact) mass is 379 g/mol. The lowest BCUT2D eigenvalue weighted by Gasteiger charge is -2.08. The standard InChI is InChI=1S/C20H14BrNO2/c21-15-8-9-19-17(11-15)14(12-24-19)10-20(23)22-18-7-3-5-13-4-1-2-6-16(13)18/h1-9,11-12H,10H2,(H,22,23). The van der Waals surface area contributed by atoms with Gasteiger partial charge in [0.2, 0.25) is 5.91 Å². The van der Waals surface area contributed by atoms with Gasteiger partial charge < -0.3 is 9.73 Å². The van der Waals surface area contributed by atoms with E-state index in [1.54, 1.807) is 6.26 Å². The molecule has 0 unspecified atom stereocenters. The molecule has 0 saturated carbocycles. The molecule has 4 aromatic rings. The zero-order valence-corrected chi connectivity index (χ0v) is 14.3. The summed E-state index contributed by atoms with van der Waals surface area (Å²) in [4.78, 5) is 12.5. The Labute approximate surface area is 147 Å². The highest BCUT2D eigenvalue weighted by molar-refractivity contribution is 9.10. The summed E-state index contributed by atoms with van der Waals surface area (Å²) < 4.78 is 6.49. The second kappa shape index (κ2) is 6.13.